The van der Waals surface area contributed by atoms with Gasteiger partial charge in [-0.2, -0.15) is 0 Å². The van der Waals surface area contributed by atoms with Gasteiger partial charge in [0.25, 0.3) is 0 Å². The second kappa shape index (κ2) is 42.9. The van der Waals surface area contributed by atoms with Gasteiger partial charge in [-0.3, -0.25) is 14.4 Å². The second-order valence-corrected chi connectivity index (χ2v) is 15.7. The zero-order valence-corrected chi connectivity index (χ0v) is 35.6. The molecule has 0 aliphatic heterocycles. The fourth-order valence-electron chi connectivity index (χ4n) is 6.73. The molecule has 6 heteroatoms. The molecule has 0 N–H and O–H groups in total. The van der Waals surface area contributed by atoms with Crippen molar-refractivity contribution in [2.75, 3.05) is 13.2 Å². The highest BCUT2D eigenvalue weighted by atomic mass is 16.6. The minimum absolute atomic E-state index is 0.0672. The summed E-state index contributed by atoms with van der Waals surface area (Å²) in [5.41, 5.74) is 0. The Labute approximate surface area is 329 Å². The molecule has 6 nitrogen and oxygen atoms in total. The fourth-order valence-corrected chi connectivity index (χ4v) is 6.73. The molecule has 0 saturated heterocycles. The molecule has 0 rings (SSSR count). The summed E-state index contributed by atoms with van der Waals surface area (Å²) < 4.78 is 16.6. The minimum Gasteiger partial charge on any atom is -0.462 e. The largest absolute Gasteiger partial charge is 0.462 e. The first-order chi connectivity index (χ1) is 26.0. The molecule has 0 amide bonds. The zero-order valence-electron chi connectivity index (χ0n) is 35.6. The topological polar surface area (TPSA) is 78.9 Å². The third-order valence-corrected chi connectivity index (χ3v) is 10.3. The highest BCUT2D eigenvalue weighted by molar-refractivity contribution is 5.71. The van der Waals surface area contributed by atoms with E-state index in [2.05, 4.69) is 32.9 Å². The Morgan fingerprint density at radius 3 is 0.943 bits per heavy atom. The molecule has 0 aromatic heterocycles. The van der Waals surface area contributed by atoms with E-state index in [4.69, 9.17) is 14.2 Å². The third kappa shape index (κ3) is 41.2. The number of carbonyl (C=O) groups excluding carboxylic acids is 3. The molecule has 312 valence electrons. The van der Waals surface area contributed by atoms with E-state index in [0.717, 1.165) is 57.8 Å². The van der Waals surface area contributed by atoms with Crippen molar-refractivity contribution in [1.29, 1.82) is 0 Å². The summed E-state index contributed by atoms with van der Waals surface area (Å²) in [5, 5.41) is 0. The van der Waals surface area contributed by atoms with E-state index < -0.39 is 6.10 Å². The average Bonchev–Trinajstić information content (AvgIpc) is 3.15. The molecule has 1 atom stereocenters. The van der Waals surface area contributed by atoms with Crippen LogP contribution in [0.5, 0.6) is 0 Å². The van der Waals surface area contributed by atoms with E-state index in [1.54, 1.807) is 0 Å². The molecule has 0 bridgehead atoms. The van der Waals surface area contributed by atoms with E-state index in [-0.39, 0.29) is 31.1 Å². The van der Waals surface area contributed by atoms with Gasteiger partial charge in [0.1, 0.15) is 13.2 Å². The molecule has 0 fully saturated rings. The molecule has 0 aliphatic carbocycles. The monoisotopic (exact) mass is 749 g/mol. The molecule has 53 heavy (non-hydrogen) atoms. The van der Waals surface area contributed by atoms with Crippen molar-refractivity contribution in [2.24, 2.45) is 0 Å². The number of carbonyl (C=O) groups is 3. The van der Waals surface area contributed by atoms with Crippen LogP contribution in [-0.2, 0) is 28.6 Å². The van der Waals surface area contributed by atoms with Crippen LogP contribution < -0.4 is 0 Å². The summed E-state index contributed by atoms with van der Waals surface area (Å²) in [6.07, 6.45) is 45.0. The van der Waals surface area contributed by atoms with Gasteiger partial charge in [-0.1, -0.05) is 200 Å². The molecule has 0 heterocycles. The normalized spacial score (nSPS) is 12.0. The van der Waals surface area contributed by atoms with Crippen LogP contribution >= 0.6 is 0 Å². The van der Waals surface area contributed by atoms with Crippen LogP contribution in [0.3, 0.4) is 0 Å². The smallest absolute Gasteiger partial charge is 0.306 e. The molecule has 0 radical (unpaired) electrons. The lowest BCUT2D eigenvalue weighted by molar-refractivity contribution is -0.167. The van der Waals surface area contributed by atoms with Crippen LogP contribution in [0.2, 0.25) is 0 Å². The maximum Gasteiger partial charge on any atom is 0.306 e. The SMILES string of the molecule is CCCCCCCC/C=C\CCCCCCCCCCCC(=O)OCC(COC(=O)CCCCCCCCCC)OC(=O)CCCCCCCCCC. The lowest BCUT2D eigenvalue weighted by Gasteiger charge is -2.18. The van der Waals surface area contributed by atoms with Crippen LogP contribution in [0, 0.1) is 0 Å². The first kappa shape index (κ1) is 51.1. The average molecular weight is 749 g/mol. The van der Waals surface area contributed by atoms with Gasteiger partial charge in [0.05, 0.1) is 0 Å². The van der Waals surface area contributed by atoms with Crippen molar-refractivity contribution < 1.29 is 28.6 Å². The van der Waals surface area contributed by atoms with Crippen molar-refractivity contribution in [3.05, 3.63) is 12.2 Å². The van der Waals surface area contributed by atoms with Crippen molar-refractivity contribution in [3.8, 4) is 0 Å². The van der Waals surface area contributed by atoms with Gasteiger partial charge in [0, 0.05) is 19.3 Å². The number of allylic oxidation sites excluding steroid dienone is 2. The molecule has 0 aromatic rings. The van der Waals surface area contributed by atoms with Crippen molar-refractivity contribution in [2.45, 2.75) is 258 Å². The van der Waals surface area contributed by atoms with E-state index in [0.29, 0.717) is 19.3 Å². The van der Waals surface area contributed by atoms with Gasteiger partial charge >= 0.3 is 17.9 Å². The third-order valence-electron chi connectivity index (χ3n) is 10.3. The lowest BCUT2D eigenvalue weighted by atomic mass is 10.1. The van der Waals surface area contributed by atoms with Crippen LogP contribution in [0.1, 0.15) is 252 Å². The maximum absolute atomic E-state index is 12.6. The highest BCUT2D eigenvalue weighted by Gasteiger charge is 2.19. The standard InChI is InChI=1S/C47H88O6/c1-4-7-10-13-16-19-20-21-22-23-24-25-26-27-28-29-32-34-37-40-46(49)52-43-44(53-47(50)41-38-35-31-18-15-12-9-6-3)42-51-45(48)39-36-33-30-17-14-11-8-5-2/h21-22,44H,4-20,23-43H2,1-3H3/b22-21-. The van der Waals surface area contributed by atoms with Crippen molar-refractivity contribution >= 4 is 17.9 Å². The van der Waals surface area contributed by atoms with Gasteiger partial charge in [0.15, 0.2) is 6.10 Å². The Morgan fingerprint density at radius 2 is 0.623 bits per heavy atom. The summed E-state index contributed by atoms with van der Waals surface area (Å²) in [6.45, 7) is 6.58. The molecular formula is C47H88O6. The van der Waals surface area contributed by atoms with Crippen LogP contribution in [-0.4, -0.2) is 37.2 Å². The Morgan fingerprint density at radius 1 is 0.358 bits per heavy atom. The molecule has 0 aromatic carbocycles. The molecule has 1 unspecified atom stereocenters. The zero-order chi connectivity index (χ0) is 38.7. The van der Waals surface area contributed by atoms with E-state index in [1.807, 2.05) is 0 Å². The number of esters is 3. The summed E-state index contributed by atoms with van der Waals surface area (Å²) in [7, 11) is 0. The summed E-state index contributed by atoms with van der Waals surface area (Å²) in [6, 6.07) is 0. The number of hydrogen-bond donors (Lipinski definition) is 0. The molecule has 0 aliphatic rings. The van der Waals surface area contributed by atoms with Crippen molar-refractivity contribution in [1.82, 2.24) is 0 Å². The number of ether oxygens (including phenoxy) is 3. The summed E-state index contributed by atoms with van der Waals surface area (Å²) in [5.74, 6) is -0.870. The van der Waals surface area contributed by atoms with Gasteiger partial charge in [-0.25, -0.2) is 0 Å². The fraction of sp³-hybridized carbons (Fsp3) is 0.894. The Hall–Kier alpha value is -1.85. The summed E-state index contributed by atoms with van der Waals surface area (Å²) in [4.78, 5) is 37.5. The Bertz CT molecular complexity index is 824. The van der Waals surface area contributed by atoms with Gasteiger partial charge in [0.2, 0.25) is 0 Å². The molecule has 0 spiro atoms. The Kier molecular flexibility index (Phi) is 41.4. The molecule has 0 saturated carbocycles. The van der Waals surface area contributed by atoms with Gasteiger partial charge in [-0.05, 0) is 44.9 Å². The van der Waals surface area contributed by atoms with Gasteiger partial charge in [-0.15, -0.1) is 0 Å². The second-order valence-electron chi connectivity index (χ2n) is 15.7. The lowest BCUT2D eigenvalue weighted by Crippen LogP contribution is -2.30. The first-order valence-corrected chi connectivity index (χ1v) is 23.2. The van der Waals surface area contributed by atoms with Crippen LogP contribution in [0.25, 0.3) is 0 Å². The highest BCUT2D eigenvalue weighted by Crippen LogP contribution is 2.15. The van der Waals surface area contributed by atoms with E-state index in [1.165, 1.54) is 154 Å². The minimum atomic E-state index is -0.760. The Balaban J connectivity index is 4.16. The maximum atomic E-state index is 12.6. The van der Waals surface area contributed by atoms with Crippen LogP contribution in [0.15, 0.2) is 12.2 Å². The predicted octanol–water partition coefficient (Wildman–Crippen LogP) is 14.6. The van der Waals surface area contributed by atoms with E-state index >= 15 is 0 Å². The quantitative estimate of drug-likeness (QED) is 0.0268. The first-order valence-electron chi connectivity index (χ1n) is 23.2. The van der Waals surface area contributed by atoms with Crippen molar-refractivity contribution in [3.63, 3.8) is 0 Å². The number of unbranched alkanes of at least 4 members (excludes halogenated alkanes) is 29. The van der Waals surface area contributed by atoms with E-state index in [9.17, 15) is 14.4 Å². The number of hydrogen-bond acceptors (Lipinski definition) is 6. The predicted molar refractivity (Wildman–Crippen MR) is 224 cm³/mol. The van der Waals surface area contributed by atoms with Gasteiger partial charge < -0.3 is 14.2 Å². The molecular weight excluding hydrogens is 661 g/mol. The number of rotatable bonds is 42. The van der Waals surface area contributed by atoms with Crippen LogP contribution in [0.4, 0.5) is 0 Å². The summed E-state index contributed by atoms with van der Waals surface area (Å²) >= 11 is 0.